The first-order valence-electron chi connectivity index (χ1n) is 5.07. The fourth-order valence-electron chi connectivity index (χ4n) is 1.28. The number of thiazole rings is 1. The number of aromatic nitrogens is 4. The van der Waals surface area contributed by atoms with Crippen LogP contribution in [0.15, 0.2) is 11.6 Å². The van der Waals surface area contributed by atoms with Gasteiger partial charge in [0.05, 0.1) is 23.3 Å². The highest BCUT2D eigenvalue weighted by molar-refractivity contribution is 7.09. The van der Waals surface area contributed by atoms with E-state index >= 15 is 0 Å². The van der Waals surface area contributed by atoms with E-state index in [1.807, 2.05) is 5.38 Å². The molecular weight excluding hydrogens is 240 g/mol. The van der Waals surface area contributed by atoms with Gasteiger partial charge < -0.3 is 11.1 Å². The van der Waals surface area contributed by atoms with Crippen LogP contribution in [0.1, 0.15) is 10.7 Å². The molecule has 8 heteroatoms. The standard InChI is InChI=1S/C9H12N6OS/c10-2-1-9-12-6(5-17-9)3-8(16)13-7-4-11-15-14-7/h4-5H,1-3,10H2,(H2,11,13,14,15,16). The first kappa shape index (κ1) is 11.7. The van der Waals surface area contributed by atoms with Crippen LogP contribution in [0.2, 0.25) is 0 Å². The Morgan fingerprint density at radius 3 is 3.18 bits per heavy atom. The van der Waals surface area contributed by atoms with Gasteiger partial charge in [0.15, 0.2) is 5.82 Å². The number of H-pyrrole nitrogens is 1. The van der Waals surface area contributed by atoms with Crippen LogP contribution < -0.4 is 11.1 Å². The Balaban J connectivity index is 1.89. The van der Waals surface area contributed by atoms with E-state index in [9.17, 15) is 4.79 Å². The lowest BCUT2D eigenvalue weighted by Gasteiger charge is -1.98. The molecule has 1 amide bonds. The summed E-state index contributed by atoms with van der Waals surface area (Å²) in [4.78, 5) is 15.9. The fourth-order valence-corrected chi connectivity index (χ4v) is 2.10. The highest BCUT2D eigenvalue weighted by Crippen LogP contribution is 2.11. The molecule has 0 spiro atoms. The van der Waals surface area contributed by atoms with Crippen molar-refractivity contribution in [2.24, 2.45) is 5.73 Å². The van der Waals surface area contributed by atoms with Crippen LogP contribution in [-0.2, 0) is 17.6 Å². The van der Waals surface area contributed by atoms with E-state index in [0.717, 1.165) is 17.1 Å². The Hall–Kier alpha value is -1.80. The molecule has 7 nitrogen and oxygen atoms in total. The van der Waals surface area contributed by atoms with Crippen LogP contribution in [0.3, 0.4) is 0 Å². The zero-order valence-corrected chi connectivity index (χ0v) is 9.83. The third-order valence-electron chi connectivity index (χ3n) is 1.98. The van der Waals surface area contributed by atoms with Gasteiger partial charge in [0.25, 0.3) is 0 Å². The van der Waals surface area contributed by atoms with Crippen molar-refractivity contribution in [3.05, 3.63) is 22.3 Å². The molecule has 0 atom stereocenters. The largest absolute Gasteiger partial charge is 0.330 e. The highest BCUT2D eigenvalue weighted by atomic mass is 32.1. The number of carbonyl (C=O) groups excluding carboxylic acids is 1. The van der Waals surface area contributed by atoms with Crippen molar-refractivity contribution in [1.29, 1.82) is 0 Å². The topological polar surface area (TPSA) is 110 Å². The number of hydrogen-bond donors (Lipinski definition) is 3. The lowest BCUT2D eigenvalue weighted by atomic mass is 10.3. The van der Waals surface area contributed by atoms with Crippen LogP contribution >= 0.6 is 11.3 Å². The number of nitrogens with one attached hydrogen (secondary N) is 2. The lowest BCUT2D eigenvalue weighted by Crippen LogP contribution is -2.15. The molecule has 0 aliphatic heterocycles. The summed E-state index contributed by atoms with van der Waals surface area (Å²) in [5, 5.41) is 15.2. The van der Waals surface area contributed by atoms with E-state index in [2.05, 4.69) is 25.7 Å². The minimum Gasteiger partial charge on any atom is -0.330 e. The molecule has 2 heterocycles. The lowest BCUT2D eigenvalue weighted by molar-refractivity contribution is -0.115. The minimum atomic E-state index is -0.163. The first-order chi connectivity index (χ1) is 8.28. The first-order valence-corrected chi connectivity index (χ1v) is 5.95. The van der Waals surface area contributed by atoms with E-state index in [1.54, 1.807) is 0 Å². The number of aromatic amines is 1. The SMILES string of the molecule is NCCc1nc(CC(=O)Nc2cn[nH]n2)cs1. The maximum absolute atomic E-state index is 11.6. The molecule has 2 aromatic rings. The van der Waals surface area contributed by atoms with Gasteiger partial charge in [0.1, 0.15) is 0 Å². The van der Waals surface area contributed by atoms with Crippen LogP contribution in [0.25, 0.3) is 0 Å². The van der Waals surface area contributed by atoms with Crippen LogP contribution in [0.5, 0.6) is 0 Å². The highest BCUT2D eigenvalue weighted by Gasteiger charge is 2.08. The van der Waals surface area contributed by atoms with Crippen molar-refractivity contribution in [3.8, 4) is 0 Å². The summed E-state index contributed by atoms with van der Waals surface area (Å²) in [5.74, 6) is 0.246. The molecule has 0 aliphatic rings. The molecule has 0 fully saturated rings. The number of anilines is 1. The van der Waals surface area contributed by atoms with Gasteiger partial charge in [-0.25, -0.2) is 4.98 Å². The average Bonchev–Trinajstić information content (AvgIpc) is 2.91. The third kappa shape index (κ3) is 3.33. The van der Waals surface area contributed by atoms with Gasteiger partial charge in [-0.1, -0.05) is 0 Å². The summed E-state index contributed by atoms with van der Waals surface area (Å²) in [7, 11) is 0. The second-order valence-corrected chi connectivity index (χ2v) is 4.29. The second kappa shape index (κ2) is 5.51. The number of nitrogens with zero attached hydrogens (tertiary/aromatic N) is 3. The average molecular weight is 252 g/mol. The van der Waals surface area contributed by atoms with Gasteiger partial charge in [0.2, 0.25) is 5.91 Å². The van der Waals surface area contributed by atoms with E-state index in [4.69, 9.17) is 5.73 Å². The third-order valence-corrected chi connectivity index (χ3v) is 2.94. The molecule has 0 bridgehead atoms. The van der Waals surface area contributed by atoms with Gasteiger partial charge in [-0.2, -0.15) is 10.3 Å². The molecule has 17 heavy (non-hydrogen) atoms. The Labute approximate surface area is 101 Å². The molecule has 90 valence electrons. The van der Waals surface area contributed by atoms with Gasteiger partial charge in [-0.15, -0.1) is 16.4 Å². The van der Waals surface area contributed by atoms with E-state index in [0.29, 0.717) is 12.4 Å². The minimum absolute atomic E-state index is 0.163. The number of rotatable bonds is 5. The molecular formula is C9H12N6OS. The second-order valence-electron chi connectivity index (χ2n) is 3.35. The van der Waals surface area contributed by atoms with Crippen molar-refractivity contribution in [1.82, 2.24) is 20.4 Å². The zero-order valence-electron chi connectivity index (χ0n) is 9.01. The number of nitrogens with two attached hydrogens (primary N) is 1. The summed E-state index contributed by atoms with van der Waals surface area (Å²) in [6.07, 6.45) is 2.42. The van der Waals surface area contributed by atoms with Gasteiger partial charge in [-0.3, -0.25) is 4.79 Å². The monoisotopic (exact) mass is 252 g/mol. The van der Waals surface area contributed by atoms with Crippen molar-refractivity contribution < 1.29 is 4.79 Å². The molecule has 2 rings (SSSR count). The molecule has 2 aromatic heterocycles. The Bertz CT molecular complexity index is 479. The summed E-state index contributed by atoms with van der Waals surface area (Å²) in [6.45, 7) is 0.568. The summed E-state index contributed by atoms with van der Waals surface area (Å²) < 4.78 is 0. The van der Waals surface area contributed by atoms with E-state index in [-0.39, 0.29) is 12.3 Å². The van der Waals surface area contributed by atoms with E-state index < -0.39 is 0 Å². The number of amides is 1. The Kier molecular flexibility index (Phi) is 3.78. The summed E-state index contributed by atoms with van der Waals surface area (Å²) in [6, 6.07) is 0. The fraction of sp³-hybridized carbons (Fsp3) is 0.333. The quantitative estimate of drug-likeness (QED) is 0.690. The molecule has 0 aromatic carbocycles. The number of hydrogen-bond acceptors (Lipinski definition) is 6. The predicted octanol–water partition coefficient (Wildman–Crippen LogP) is -0.0564. The smallest absolute Gasteiger partial charge is 0.231 e. The molecule has 0 radical (unpaired) electrons. The van der Waals surface area contributed by atoms with Crippen molar-refractivity contribution in [3.63, 3.8) is 0 Å². The maximum Gasteiger partial charge on any atom is 0.231 e. The van der Waals surface area contributed by atoms with Gasteiger partial charge in [0, 0.05) is 11.8 Å². The van der Waals surface area contributed by atoms with Crippen molar-refractivity contribution in [2.45, 2.75) is 12.8 Å². The molecule has 0 aliphatic carbocycles. The number of carbonyl (C=O) groups is 1. The van der Waals surface area contributed by atoms with Crippen LogP contribution in [0, 0.1) is 0 Å². The summed E-state index contributed by atoms with van der Waals surface area (Å²) in [5.41, 5.74) is 6.18. The Morgan fingerprint density at radius 1 is 1.59 bits per heavy atom. The Morgan fingerprint density at radius 2 is 2.47 bits per heavy atom. The van der Waals surface area contributed by atoms with Gasteiger partial charge >= 0.3 is 0 Å². The van der Waals surface area contributed by atoms with Crippen LogP contribution in [-0.4, -0.2) is 32.8 Å². The predicted molar refractivity (Wildman–Crippen MR) is 63.6 cm³/mol. The maximum atomic E-state index is 11.6. The van der Waals surface area contributed by atoms with Gasteiger partial charge in [-0.05, 0) is 6.54 Å². The van der Waals surface area contributed by atoms with Crippen LogP contribution in [0.4, 0.5) is 5.82 Å². The normalized spacial score (nSPS) is 10.4. The molecule has 0 saturated heterocycles. The molecule has 4 N–H and O–H groups in total. The van der Waals surface area contributed by atoms with Crippen molar-refractivity contribution >= 4 is 23.1 Å². The zero-order chi connectivity index (χ0) is 12.1. The van der Waals surface area contributed by atoms with E-state index in [1.165, 1.54) is 17.5 Å². The molecule has 0 saturated carbocycles. The summed E-state index contributed by atoms with van der Waals surface area (Å²) >= 11 is 1.52. The molecule has 0 unspecified atom stereocenters. The van der Waals surface area contributed by atoms with Crippen molar-refractivity contribution in [2.75, 3.05) is 11.9 Å².